The van der Waals surface area contributed by atoms with Gasteiger partial charge in [-0.1, -0.05) is 12.7 Å². The SMILES string of the molecule is C=CC1=C(C)C(Cc2[nH]c(C3c4[nH]c(Cc5[nH]c(C=O)c(C)c5CCOC5OC(CO)C(O)C(O)C5O)c(C)c4C(=O)C3C(=O)OC)c(CCC(=O)O)c2C)NC1=O. The molecule has 8 atom stereocenters. The number of ether oxygens (including phenoxy) is 3. The number of hydrogen-bond acceptors (Lipinski definition) is 12. The van der Waals surface area contributed by atoms with Gasteiger partial charge in [0.25, 0.3) is 5.91 Å². The predicted octanol–water partition coefficient (Wildman–Crippen LogP) is 1.04. The standard InChI is InChI=1S/C41H50N4O13/c1-7-20-16(2)24(45-39(20)54)12-23-18(4)22(8-9-29(48)49)33(43-23)31-32(40(55)56-6)36(51)30-19(5)25(44-34(30)31)13-26-21(17(3)27(14-46)42-26)10-11-57-41-38(53)37(52)35(50)28(15-47)58-41/h7,14,24,28,31-32,35,37-38,41-44,47,50,52-53H,1,8-13,15H2,2-6H3,(H,45,54)(H,48,49). The lowest BCUT2D eigenvalue weighted by Crippen LogP contribution is -2.59. The first-order valence-electron chi connectivity index (χ1n) is 19.0. The van der Waals surface area contributed by atoms with Crippen molar-refractivity contribution in [3.8, 4) is 0 Å². The number of amides is 1. The molecule has 2 aliphatic heterocycles. The minimum Gasteiger partial charge on any atom is -0.481 e. The maximum atomic E-state index is 14.3. The summed E-state index contributed by atoms with van der Waals surface area (Å²) in [5.74, 6) is -4.68. The number of carbonyl (C=O) groups is 5. The number of carbonyl (C=O) groups excluding carboxylic acids is 4. The number of rotatable bonds is 16. The van der Waals surface area contributed by atoms with Gasteiger partial charge in [0, 0.05) is 58.9 Å². The third kappa shape index (κ3) is 7.49. The van der Waals surface area contributed by atoms with E-state index in [1.807, 2.05) is 13.8 Å². The molecule has 8 unspecified atom stereocenters. The number of aliphatic hydroxyl groups is 4. The first kappa shape index (κ1) is 42.4. The van der Waals surface area contributed by atoms with Crippen molar-refractivity contribution in [2.75, 3.05) is 20.3 Å². The number of hydrogen-bond donors (Lipinski definition) is 9. The predicted molar refractivity (Wildman–Crippen MR) is 204 cm³/mol. The van der Waals surface area contributed by atoms with Crippen LogP contribution in [0.2, 0.25) is 0 Å². The average molecular weight is 807 g/mol. The van der Waals surface area contributed by atoms with E-state index in [1.165, 1.54) is 13.2 Å². The molecule has 6 rings (SSSR count). The van der Waals surface area contributed by atoms with Gasteiger partial charge in [-0.3, -0.25) is 24.0 Å². The van der Waals surface area contributed by atoms with Gasteiger partial charge in [0.2, 0.25) is 0 Å². The zero-order valence-corrected chi connectivity index (χ0v) is 32.9. The highest BCUT2D eigenvalue weighted by atomic mass is 16.7. The Bertz CT molecular complexity index is 2170. The molecule has 0 radical (unpaired) electrons. The van der Waals surface area contributed by atoms with Crippen LogP contribution in [0.5, 0.6) is 0 Å². The third-order valence-electron chi connectivity index (χ3n) is 12.0. The van der Waals surface area contributed by atoms with E-state index in [1.54, 1.807) is 13.8 Å². The fourth-order valence-electron chi connectivity index (χ4n) is 8.65. The van der Waals surface area contributed by atoms with Crippen molar-refractivity contribution in [2.45, 2.75) is 102 Å². The van der Waals surface area contributed by atoms with Crippen LogP contribution in [-0.4, -0.2) is 127 Å². The summed E-state index contributed by atoms with van der Waals surface area (Å²) in [4.78, 5) is 74.3. The van der Waals surface area contributed by atoms with Gasteiger partial charge in [0.1, 0.15) is 30.3 Å². The van der Waals surface area contributed by atoms with Crippen LogP contribution in [0.3, 0.4) is 0 Å². The second-order valence-electron chi connectivity index (χ2n) is 15.1. The van der Waals surface area contributed by atoms with E-state index in [4.69, 9.17) is 14.2 Å². The van der Waals surface area contributed by atoms with Crippen molar-refractivity contribution in [2.24, 2.45) is 5.92 Å². The quantitative estimate of drug-likeness (QED) is 0.0557. The van der Waals surface area contributed by atoms with Gasteiger partial charge < -0.3 is 60.0 Å². The molecule has 0 spiro atoms. The summed E-state index contributed by atoms with van der Waals surface area (Å²) in [6.07, 6.45) is -4.42. The number of fused-ring (bicyclic) bond motifs is 1. The van der Waals surface area contributed by atoms with Crippen molar-refractivity contribution >= 4 is 29.9 Å². The van der Waals surface area contributed by atoms with Gasteiger partial charge in [-0.2, -0.15) is 0 Å². The Morgan fingerprint density at radius 2 is 1.60 bits per heavy atom. The Morgan fingerprint density at radius 1 is 0.897 bits per heavy atom. The van der Waals surface area contributed by atoms with E-state index in [0.717, 1.165) is 11.1 Å². The van der Waals surface area contributed by atoms with E-state index >= 15 is 0 Å². The summed E-state index contributed by atoms with van der Waals surface area (Å²) in [7, 11) is 1.20. The number of carboxylic acids is 1. The Hall–Kier alpha value is -5.17. The molecular formula is C41H50N4O13. The van der Waals surface area contributed by atoms with Crippen LogP contribution in [0.1, 0.15) is 96.4 Å². The molecule has 1 saturated heterocycles. The number of aromatic nitrogens is 3. The van der Waals surface area contributed by atoms with Gasteiger partial charge in [-0.15, -0.1) is 0 Å². The number of methoxy groups -OCH3 is 1. The number of Topliss-reactive ketones (excluding diaryl/α,β-unsaturated/α-hetero) is 1. The van der Waals surface area contributed by atoms with Gasteiger partial charge in [0.05, 0.1) is 38.0 Å². The molecule has 0 saturated carbocycles. The molecule has 312 valence electrons. The van der Waals surface area contributed by atoms with Gasteiger partial charge in [-0.05, 0) is 73.9 Å². The minimum absolute atomic E-state index is 0.0450. The van der Waals surface area contributed by atoms with Crippen molar-refractivity contribution in [3.05, 3.63) is 91.3 Å². The molecule has 3 aromatic rings. The second kappa shape index (κ2) is 17.0. The average Bonchev–Trinajstić information content (AvgIpc) is 3.94. The molecule has 58 heavy (non-hydrogen) atoms. The summed E-state index contributed by atoms with van der Waals surface area (Å²) in [6, 6.07) is -0.369. The van der Waals surface area contributed by atoms with Crippen LogP contribution >= 0.6 is 0 Å². The molecule has 9 N–H and O–H groups in total. The number of aliphatic carboxylic acids is 1. The Labute approximate surface area is 333 Å². The molecule has 1 amide bonds. The molecule has 1 fully saturated rings. The summed E-state index contributed by atoms with van der Waals surface area (Å²) >= 11 is 0. The van der Waals surface area contributed by atoms with Crippen LogP contribution < -0.4 is 5.32 Å². The van der Waals surface area contributed by atoms with Gasteiger partial charge >= 0.3 is 11.9 Å². The third-order valence-corrected chi connectivity index (χ3v) is 12.0. The van der Waals surface area contributed by atoms with Crippen LogP contribution in [-0.2, 0) is 54.3 Å². The Morgan fingerprint density at radius 3 is 2.22 bits per heavy atom. The largest absolute Gasteiger partial charge is 0.481 e. The first-order valence-corrected chi connectivity index (χ1v) is 19.0. The molecule has 5 heterocycles. The second-order valence-corrected chi connectivity index (χ2v) is 15.1. The number of aliphatic hydroxyl groups excluding tert-OH is 4. The first-order chi connectivity index (χ1) is 27.6. The van der Waals surface area contributed by atoms with Crippen LogP contribution in [0, 0.1) is 26.7 Å². The number of nitrogens with one attached hydrogen (secondary N) is 4. The zero-order chi connectivity index (χ0) is 42.3. The molecule has 3 aliphatic rings. The topological polar surface area (TPSA) is 274 Å². The van der Waals surface area contributed by atoms with Gasteiger partial charge in [-0.25, -0.2) is 0 Å². The zero-order valence-electron chi connectivity index (χ0n) is 32.9. The number of H-pyrrole nitrogens is 3. The highest BCUT2D eigenvalue weighted by molar-refractivity contribution is 6.14. The number of ketones is 1. The van der Waals surface area contributed by atoms with E-state index < -0.39 is 66.9 Å². The lowest BCUT2D eigenvalue weighted by atomic mass is 9.87. The van der Waals surface area contributed by atoms with E-state index in [-0.39, 0.29) is 44.2 Å². The molecule has 0 aromatic carbocycles. The summed E-state index contributed by atoms with van der Waals surface area (Å²) in [6.45, 7) is 10.3. The summed E-state index contributed by atoms with van der Waals surface area (Å²) in [5, 5.41) is 52.9. The summed E-state index contributed by atoms with van der Waals surface area (Å²) in [5.41, 5.74) is 8.08. The molecule has 1 aliphatic carbocycles. The normalized spacial score (nSPS) is 25.6. The summed E-state index contributed by atoms with van der Waals surface area (Å²) < 4.78 is 16.4. The molecule has 17 heteroatoms. The van der Waals surface area contributed by atoms with Crippen LogP contribution in [0.4, 0.5) is 0 Å². The smallest absolute Gasteiger partial charge is 0.317 e. The molecule has 0 bridgehead atoms. The number of carboxylic acid groups (broad SMARTS) is 1. The highest BCUT2D eigenvalue weighted by Crippen LogP contribution is 2.47. The monoisotopic (exact) mass is 806 g/mol. The number of aldehydes is 1. The molecule has 3 aromatic heterocycles. The van der Waals surface area contributed by atoms with Gasteiger partial charge in [0.15, 0.2) is 18.4 Å². The van der Waals surface area contributed by atoms with Crippen LogP contribution in [0.15, 0.2) is 23.8 Å². The van der Waals surface area contributed by atoms with E-state index in [2.05, 4.69) is 26.8 Å². The van der Waals surface area contributed by atoms with Crippen molar-refractivity contribution in [1.29, 1.82) is 0 Å². The lowest BCUT2D eigenvalue weighted by Gasteiger charge is -2.39. The van der Waals surface area contributed by atoms with Crippen LogP contribution in [0.25, 0.3) is 0 Å². The van der Waals surface area contributed by atoms with Crippen molar-refractivity contribution < 1.29 is 63.7 Å². The number of esters is 1. The minimum atomic E-state index is -1.61. The Balaban J connectivity index is 1.35. The maximum Gasteiger partial charge on any atom is 0.317 e. The fraction of sp³-hybridized carbons (Fsp3) is 0.488. The van der Waals surface area contributed by atoms with E-state index in [0.29, 0.717) is 80.3 Å². The van der Waals surface area contributed by atoms with Crippen molar-refractivity contribution in [1.82, 2.24) is 20.3 Å². The van der Waals surface area contributed by atoms with E-state index in [9.17, 15) is 49.5 Å². The number of aromatic amines is 3. The fourth-order valence-corrected chi connectivity index (χ4v) is 8.65. The lowest BCUT2D eigenvalue weighted by molar-refractivity contribution is -0.300. The highest BCUT2D eigenvalue weighted by Gasteiger charge is 2.50. The molecule has 17 nitrogen and oxygen atoms in total. The van der Waals surface area contributed by atoms with Crippen molar-refractivity contribution in [3.63, 3.8) is 0 Å². The Kier molecular flexibility index (Phi) is 12.4. The maximum absolute atomic E-state index is 14.3. The molecular weight excluding hydrogens is 756 g/mol.